The van der Waals surface area contributed by atoms with Crippen molar-refractivity contribution in [3.05, 3.63) is 106 Å². The van der Waals surface area contributed by atoms with Gasteiger partial charge < -0.3 is 9.52 Å². The second kappa shape index (κ2) is 8.18. The maximum Gasteiger partial charge on any atom is 0.294 e. The predicted octanol–water partition coefficient (Wildman–Crippen LogP) is 5.80. The zero-order valence-corrected chi connectivity index (χ0v) is 18.8. The molecular weight excluding hydrogens is 436 g/mol. The van der Waals surface area contributed by atoms with Crippen LogP contribution in [0.1, 0.15) is 32.9 Å². The van der Waals surface area contributed by atoms with Crippen molar-refractivity contribution in [2.45, 2.75) is 19.9 Å². The van der Waals surface area contributed by atoms with Crippen molar-refractivity contribution in [3.8, 4) is 10.6 Å². The van der Waals surface area contributed by atoms with Crippen LogP contribution in [-0.2, 0) is 4.79 Å². The SMILES string of the molecule is Cc1ccc(C2C(C(=O)c3sc(-c4ccccc4)nc3C)=C(O)C(=O)N2c2ccccc2)o1. The number of nitrogens with zero attached hydrogens (tertiary/aromatic N) is 2. The first-order valence-electron chi connectivity index (χ1n) is 10.4. The molecule has 0 bridgehead atoms. The molecule has 1 aliphatic rings. The summed E-state index contributed by atoms with van der Waals surface area (Å²) >= 11 is 1.24. The van der Waals surface area contributed by atoms with E-state index in [1.165, 1.54) is 16.2 Å². The molecule has 7 heteroatoms. The van der Waals surface area contributed by atoms with Gasteiger partial charge in [-0.2, -0.15) is 0 Å². The number of benzene rings is 2. The van der Waals surface area contributed by atoms with Gasteiger partial charge in [-0.3, -0.25) is 14.5 Å². The van der Waals surface area contributed by atoms with E-state index in [9.17, 15) is 14.7 Å². The van der Waals surface area contributed by atoms with Gasteiger partial charge in [-0.15, -0.1) is 11.3 Å². The number of carbonyl (C=O) groups is 2. The fourth-order valence-corrected chi connectivity index (χ4v) is 5.02. The molecule has 33 heavy (non-hydrogen) atoms. The lowest BCUT2D eigenvalue weighted by molar-refractivity contribution is -0.117. The highest BCUT2D eigenvalue weighted by molar-refractivity contribution is 7.17. The fourth-order valence-electron chi connectivity index (χ4n) is 4.00. The third-order valence-corrected chi connectivity index (χ3v) is 6.75. The molecule has 1 aliphatic heterocycles. The van der Waals surface area contributed by atoms with Gasteiger partial charge in [0.25, 0.3) is 5.91 Å². The molecule has 0 radical (unpaired) electrons. The van der Waals surface area contributed by atoms with Crippen LogP contribution >= 0.6 is 11.3 Å². The van der Waals surface area contributed by atoms with Gasteiger partial charge in [0.05, 0.1) is 16.1 Å². The van der Waals surface area contributed by atoms with Crippen LogP contribution in [0, 0.1) is 13.8 Å². The van der Waals surface area contributed by atoms with Crippen molar-refractivity contribution in [1.29, 1.82) is 0 Å². The minimum Gasteiger partial charge on any atom is -0.503 e. The highest BCUT2D eigenvalue weighted by atomic mass is 32.1. The Labute approximate surface area is 194 Å². The van der Waals surface area contributed by atoms with Crippen LogP contribution in [0.3, 0.4) is 0 Å². The van der Waals surface area contributed by atoms with Gasteiger partial charge in [0.15, 0.2) is 5.76 Å². The standard InChI is InChI=1S/C26H20N2O4S/c1-15-13-14-19(32-15)21-20(23(30)26(31)28(21)18-11-7-4-8-12-18)22(29)24-16(2)27-25(33-24)17-9-5-3-6-10-17/h3-14,21,30H,1-2H3. The highest BCUT2D eigenvalue weighted by Crippen LogP contribution is 2.43. The fraction of sp³-hybridized carbons (Fsp3) is 0.115. The average molecular weight is 457 g/mol. The highest BCUT2D eigenvalue weighted by Gasteiger charge is 2.46. The Morgan fingerprint density at radius 1 is 1.00 bits per heavy atom. The zero-order valence-electron chi connectivity index (χ0n) is 18.0. The number of anilines is 1. The molecule has 4 aromatic rings. The lowest BCUT2D eigenvalue weighted by Gasteiger charge is -2.24. The minimum atomic E-state index is -0.886. The summed E-state index contributed by atoms with van der Waals surface area (Å²) in [6.07, 6.45) is 0. The van der Waals surface area contributed by atoms with Gasteiger partial charge in [0.2, 0.25) is 5.78 Å². The lowest BCUT2D eigenvalue weighted by atomic mass is 9.99. The number of carbonyl (C=O) groups excluding carboxylic acids is 2. The molecular formula is C26H20N2O4S. The molecule has 5 rings (SSSR count). The number of ketones is 1. The molecule has 0 saturated carbocycles. The number of amides is 1. The van der Waals surface area contributed by atoms with Crippen LogP contribution < -0.4 is 4.90 Å². The lowest BCUT2D eigenvalue weighted by Crippen LogP contribution is -2.30. The summed E-state index contributed by atoms with van der Waals surface area (Å²) in [7, 11) is 0. The van der Waals surface area contributed by atoms with Crippen LogP contribution in [0.25, 0.3) is 10.6 Å². The van der Waals surface area contributed by atoms with Gasteiger partial charge in [-0.05, 0) is 38.1 Å². The van der Waals surface area contributed by atoms with Crippen molar-refractivity contribution in [3.63, 3.8) is 0 Å². The van der Waals surface area contributed by atoms with Crippen molar-refractivity contribution in [2.24, 2.45) is 0 Å². The Morgan fingerprint density at radius 3 is 2.30 bits per heavy atom. The van der Waals surface area contributed by atoms with Crippen molar-refractivity contribution < 1.29 is 19.1 Å². The summed E-state index contributed by atoms with van der Waals surface area (Å²) in [5.41, 5.74) is 1.99. The molecule has 0 fully saturated rings. The first kappa shape index (κ1) is 20.9. The third kappa shape index (κ3) is 3.56. The summed E-state index contributed by atoms with van der Waals surface area (Å²) in [4.78, 5) is 33.3. The van der Waals surface area contributed by atoms with Gasteiger partial charge in [0, 0.05) is 11.3 Å². The molecule has 6 nitrogen and oxygen atoms in total. The van der Waals surface area contributed by atoms with E-state index in [2.05, 4.69) is 4.98 Å². The van der Waals surface area contributed by atoms with Crippen LogP contribution in [0.4, 0.5) is 5.69 Å². The minimum absolute atomic E-state index is 0.00966. The number of aliphatic hydroxyl groups is 1. The van der Waals surface area contributed by atoms with Crippen molar-refractivity contribution in [2.75, 3.05) is 4.90 Å². The van der Waals surface area contributed by atoms with Gasteiger partial charge in [-0.25, -0.2) is 4.98 Å². The maximum atomic E-state index is 13.8. The quantitative estimate of drug-likeness (QED) is 0.384. The Balaban J connectivity index is 1.62. The second-order valence-electron chi connectivity index (χ2n) is 7.75. The Bertz CT molecular complexity index is 1390. The predicted molar refractivity (Wildman–Crippen MR) is 126 cm³/mol. The molecule has 1 unspecified atom stereocenters. The number of thiazole rings is 1. The number of furan rings is 1. The number of aromatic nitrogens is 1. The molecule has 0 aliphatic carbocycles. The topological polar surface area (TPSA) is 83.6 Å². The number of Topliss-reactive ketones (excluding diaryl/α,β-unsaturated/α-hetero) is 1. The second-order valence-corrected chi connectivity index (χ2v) is 8.75. The monoisotopic (exact) mass is 456 g/mol. The van der Waals surface area contributed by atoms with Crippen LogP contribution in [0.15, 0.2) is 88.5 Å². The van der Waals surface area contributed by atoms with Crippen LogP contribution in [0.2, 0.25) is 0 Å². The number of aliphatic hydroxyl groups excluding tert-OH is 1. The maximum absolute atomic E-state index is 13.8. The molecule has 1 N–H and O–H groups in total. The van der Waals surface area contributed by atoms with E-state index >= 15 is 0 Å². The summed E-state index contributed by atoms with van der Waals surface area (Å²) in [6.45, 7) is 3.54. The molecule has 1 amide bonds. The summed E-state index contributed by atoms with van der Waals surface area (Å²) in [5.74, 6) is -0.604. The molecule has 0 saturated heterocycles. The van der Waals surface area contributed by atoms with E-state index < -0.39 is 23.5 Å². The van der Waals surface area contributed by atoms with E-state index in [1.807, 2.05) is 36.4 Å². The van der Waals surface area contributed by atoms with E-state index in [1.54, 1.807) is 50.2 Å². The first-order valence-corrected chi connectivity index (χ1v) is 11.2. The normalized spacial score (nSPS) is 16.0. The third-order valence-electron chi connectivity index (χ3n) is 5.54. The van der Waals surface area contributed by atoms with Gasteiger partial charge in [0.1, 0.15) is 22.6 Å². The average Bonchev–Trinajstić information content (AvgIpc) is 3.51. The number of hydrogen-bond donors (Lipinski definition) is 1. The van der Waals surface area contributed by atoms with E-state index in [4.69, 9.17) is 4.42 Å². The summed E-state index contributed by atoms with van der Waals surface area (Å²) < 4.78 is 5.83. The number of rotatable bonds is 5. The van der Waals surface area contributed by atoms with E-state index in [-0.39, 0.29) is 5.57 Å². The molecule has 0 spiro atoms. The van der Waals surface area contributed by atoms with Crippen molar-refractivity contribution in [1.82, 2.24) is 4.98 Å². The number of hydrogen-bond acceptors (Lipinski definition) is 6. The Hall–Kier alpha value is -3.97. The molecule has 1 atom stereocenters. The molecule has 3 heterocycles. The van der Waals surface area contributed by atoms with Gasteiger partial charge in [-0.1, -0.05) is 48.5 Å². The summed E-state index contributed by atoms with van der Waals surface area (Å²) in [6, 6.07) is 21.1. The largest absolute Gasteiger partial charge is 0.503 e. The smallest absolute Gasteiger partial charge is 0.294 e. The van der Waals surface area contributed by atoms with Crippen LogP contribution in [-0.4, -0.2) is 21.8 Å². The Kier molecular flexibility index (Phi) is 5.18. The molecule has 2 aromatic heterocycles. The molecule has 2 aromatic carbocycles. The number of aryl methyl sites for hydroxylation is 2. The molecule has 164 valence electrons. The van der Waals surface area contributed by atoms with E-state index in [0.717, 1.165) is 5.56 Å². The van der Waals surface area contributed by atoms with Crippen LogP contribution in [0.5, 0.6) is 0 Å². The Morgan fingerprint density at radius 2 is 1.67 bits per heavy atom. The first-order chi connectivity index (χ1) is 16.0. The zero-order chi connectivity index (χ0) is 23.1. The van der Waals surface area contributed by atoms with E-state index in [0.29, 0.717) is 32.8 Å². The van der Waals surface area contributed by atoms with Crippen molar-refractivity contribution >= 4 is 28.7 Å². The number of para-hydroxylation sites is 1. The van der Waals surface area contributed by atoms with Gasteiger partial charge >= 0.3 is 0 Å². The summed E-state index contributed by atoms with van der Waals surface area (Å²) in [5, 5.41) is 11.6.